The monoisotopic (exact) mass is 888 g/mol. The fraction of sp³-hybridized carbons (Fsp3) is 0.386. The number of carbonyl (C=O) groups excluding carboxylic acids is 4. The van der Waals surface area contributed by atoms with Crippen LogP contribution in [0.25, 0.3) is 22.4 Å². The number of amides is 4. The van der Waals surface area contributed by atoms with E-state index < -0.39 is 47.7 Å². The fourth-order valence-corrected chi connectivity index (χ4v) is 8.13. The van der Waals surface area contributed by atoms with E-state index in [0.29, 0.717) is 54.6 Å². The fourth-order valence-electron chi connectivity index (χ4n) is 8.13. The lowest BCUT2D eigenvalue weighted by Gasteiger charge is -2.44. The summed E-state index contributed by atoms with van der Waals surface area (Å²) in [6.45, 7) is 10.8. The number of rotatable bonds is 11. The van der Waals surface area contributed by atoms with Gasteiger partial charge < -0.3 is 44.8 Å². The molecule has 0 spiro atoms. The van der Waals surface area contributed by atoms with E-state index in [1.807, 2.05) is 39.5 Å². The summed E-state index contributed by atoms with van der Waals surface area (Å²) in [5, 5.41) is 4.97. The normalized spacial score (nSPS) is 19.4. The number of aromatic amines is 2. The zero-order chi connectivity index (χ0) is 46.0. The average Bonchev–Trinajstić information content (AvgIpc) is 4.06. The lowest BCUT2D eigenvalue weighted by Crippen LogP contribution is -2.58. The second-order valence-electron chi connectivity index (χ2n) is 16.5. The molecule has 2 aliphatic heterocycles. The minimum absolute atomic E-state index is 0.0221. The Bertz CT molecular complexity index is 2480. The van der Waals surface area contributed by atoms with Gasteiger partial charge in [-0.15, -0.1) is 13.2 Å². The van der Waals surface area contributed by atoms with Gasteiger partial charge in [0.25, 0.3) is 11.8 Å². The van der Waals surface area contributed by atoms with Crippen LogP contribution in [0.2, 0.25) is 0 Å². The van der Waals surface area contributed by atoms with E-state index in [2.05, 4.69) is 40.3 Å². The second kappa shape index (κ2) is 18.4. The van der Waals surface area contributed by atoms with Crippen LogP contribution in [0.4, 0.5) is 33.9 Å². The van der Waals surface area contributed by atoms with Gasteiger partial charge in [0.1, 0.15) is 34.9 Å². The quantitative estimate of drug-likeness (QED) is 0.0989. The molecule has 4 N–H and O–H groups in total. The molecule has 2 aromatic carbocycles. The zero-order valence-electron chi connectivity index (χ0n) is 35.9. The van der Waals surface area contributed by atoms with Crippen molar-refractivity contribution in [3.05, 3.63) is 96.3 Å². The van der Waals surface area contributed by atoms with Crippen LogP contribution in [-0.4, -0.2) is 110 Å². The highest BCUT2D eigenvalue weighted by Crippen LogP contribution is 2.40. The molecule has 0 unspecified atom stereocenters. The molecule has 5 atom stereocenters. The van der Waals surface area contributed by atoms with E-state index >= 15 is 4.39 Å². The van der Waals surface area contributed by atoms with E-state index in [9.17, 15) is 32.3 Å². The molecule has 0 bridgehead atoms. The van der Waals surface area contributed by atoms with Crippen molar-refractivity contribution < 1.29 is 46.2 Å². The Hall–Kier alpha value is -6.99. The smallest absolute Gasteiger partial charge is 0.453 e. The molecule has 2 fully saturated rings. The Kier molecular flexibility index (Phi) is 12.9. The van der Waals surface area contributed by atoms with Crippen LogP contribution >= 0.6 is 0 Å². The molecule has 64 heavy (non-hydrogen) atoms. The number of imidazole rings is 2. The molecule has 5 heterocycles. The highest BCUT2D eigenvalue weighted by atomic mass is 19.4. The standard InChI is InChI=1S/C44H48F4N10O6/c1-23(2)38(55-43(62)63-6)42(61)58-19-24(3)13-35(58)39-51-18-33(53-39)28-9-7-27(8-10-28)30-14-31(45)32(15-36(30)64-44(46,47)48)54-40(59)29-11-12-37(50-16-29)56-20-26(5)57(21-25(56)4)41(60)34-17-49-22-52-34/h7-12,14-18,22-26,35,38H,13,19-21H2,1-6H3,(H,49,52)(H,51,53)(H,54,59)(H,55,62)/t24-,25+,26-,35-,38-/m0/s1. The number of aromatic nitrogens is 5. The molecule has 7 rings (SSSR count). The van der Waals surface area contributed by atoms with Gasteiger partial charge in [-0.1, -0.05) is 45.0 Å². The number of nitrogens with one attached hydrogen (secondary N) is 4. The summed E-state index contributed by atoms with van der Waals surface area (Å²) in [6, 6.07) is 9.39. The molecular weight excluding hydrogens is 841 g/mol. The largest absolute Gasteiger partial charge is 0.573 e. The van der Waals surface area contributed by atoms with Crippen LogP contribution in [0.5, 0.6) is 5.75 Å². The van der Waals surface area contributed by atoms with Gasteiger partial charge in [-0.2, -0.15) is 0 Å². The van der Waals surface area contributed by atoms with Gasteiger partial charge in [0, 0.05) is 49.5 Å². The van der Waals surface area contributed by atoms with Crippen molar-refractivity contribution >= 4 is 35.3 Å². The van der Waals surface area contributed by atoms with E-state index in [0.717, 1.165) is 12.1 Å². The van der Waals surface area contributed by atoms with Crippen LogP contribution in [0.1, 0.15) is 73.8 Å². The summed E-state index contributed by atoms with van der Waals surface area (Å²) in [4.78, 5) is 76.4. The van der Waals surface area contributed by atoms with Crippen molar-refractivity contribution in [2.45, 2.75) is 71.6 Å². The molecule has 0 saturated carbocycles. The maximum absolute atomic E-state index is 15.7. The Labute approximate surface area is 365 Å². The third-order valence-corrected chi connectivity index (χ3v) is 11.4. The summed E-state index contributed by atoms with van der Waals surface area (Å²) in [7, 11) is 1.23. The van der Waals surface area contributed by atoms with Gasteiger partial charge in [-0.05, 0) is 61.4 Å². The number of nitrogens with zero attached hydrogens (tertiary/aromatic N) is 6. The molecule has 0 radical (unpaired) electrons. The molecular formula is C44H48F4N10O6. The summed E-state index contributed by atoms with van der Waals surface area (Å²) in [6.07, 6.45) is 0.522. The number of piperazine rings is 1. The number of methoxy groups -OCH3 is 1. The Morgan fingerprint density at radius 1 is 0.891 bits per heavy atom. The van der Waals surface area contributed by atoms with Crippen molar-refractivity contribution in [2.24, 2.45) is 11.8 Å². The van der Waals surface area contributed by atoms with Crippen LogP contribution in [-0.2, 0) is 9.53 Å². The third kappa shape index (κ3) is 9.79. The minimum atomic E-state index is -5.15. The molecule has 4 amide bonds. The van der Waals surface area contributed by atoms with Crippen LogP contribution in [0.15, 0.2) is 73.4 Å². The average molecular weight is 889 g/mol. The Morgan fingerprint density at radius 2 is 1.62 bits per heavy atom. The second-order valence-corrected chi connectivity index (χ2v) is 16.5. The summed E-state index contributed by atoms with van der Waals surface area (Å²) < 4.78 is 66.0. The van der Waals surface area contributed by atoms with Crippen molar-refractivity contribution in [1.82, 2.24) is 40.0 Å². The molecule has 2 saturated heterocycles. The first-order chi connectivity index (χ1) is 30.4. The summed E-state index contributed by atoms with van der Waals surface area (Å²) in [5.41, 5.74) is 0.987. The van der Waals surface area contributed by atoms with Gasteiger partial charge in [-0.25, -0.2) is 24.1 Å². The summed E-state index contributed by atoms with van der Waals surface area (Å²) in [5.74, 6) is -2.05. The van der Waals surface area contributed by atoms with Gasteiger partial charge in [0.15, 0.2) is 0 Å². The minimum Gasteiger partial charge on any atom is -0.453 e. The first kappa shape index (κ1) is 45.0. The van der Waals surface area contributed by atoms with Crippen molar-refractivity contribution in [3.63, 3.8) is 0 Å². The number of pyridine rings is 1. The van der Waals surface area contributed by atoms with Crippen molar-refractivity contribution in [1.29, 1.82) is 0 Å². The number of likely N-dealkylation sites (tertiary alicyclic amines) is 1. The highest BCUT2D eigenvalue weighted by molar-refractivity contribution is 6.04. The predicted octanol–water partition coefficient (Wildman–Crippen LogP) is 7.18. The summed E-state index contributed by atoms with van der Waals surface area (Å²) >= 11 is 0. The van der Waals surface area contributed by atoms with E-state index in [1.165, 1.54) is 44.0 Å². The predicted molar refractivity (Wildman–Crippen MR) is 227 cm³/mol. The molecule has 0 aliphatic carbocycles. The lowest BCUT2D eigenvalue weighted by atomic mass is 10.0. The molecule has 3 aromatic heterocycles. The van der Waals surface area contributed by atoms with Crippen molar-refractivity contribution in [3.8, 4) is 28.1 Å². The van der Waals surface area contributed by atoms with Gasteiger partial charge in [0.05, 0.1) is 48.8 Å². The highest BCUT2D eigenvalue weighted by Gasteiger charge is 2.40. The Morgan fingerprint density at radius 3 is 2.27 bits per heavy atom. The number of hydrogen-bond donors (Lipinski definition) is 4. The number of ether oxygens (including phenoxy) is 2. The van der Waals surface area contributed by atoms with Crippen LogP contribution < -0.4 is 20.3 Å². The Balaban J connectivity index is 1.05. The number of benzene rings is 2. The molecule has 338 valence electrons. The van der Waals surface area contributed by atoms with Crippen molar-refractivity contribution in [2.75, 3.05) is 37.0 Å². The van der Waals surface area contributed by atoms with Crippen LogP contribution in [0.3, 0.4) is 0 Å². The first-order valence-corrected chi connectivity index (χ1v) is 20.6. The lowest BCUT2D eigenvalue weighted by molar-refractivity contribution is -0.274. The number of alkyl carbamates (subject to hydrolysis) is 1. The first-order valence-electron chi connectivity index (χ1n) is 20.6. The molecule has 2 aliphatic rings. The van der Waals surface area contributed by atoms with E-state index in [1.54, 1.807) is 34.2 Å². The maximum atomic E-state index is 15.7. The van der Waals surface area contributed by atoms with Crippen LogP contribution in [0, 0.1) is 17.7 Å². The molecule has 20 heteroatoms. The SMILES string of the molecule is COC(=O)N[C@H](C(=O)N1C[C@@H](C)C[C@H]1c1ncc(-c2ccc(-c3cc(F)c(NC(=O)c4ccc(N5C[C@H](C)N(C(=O)c6cnc[nH]6)C[C@H]5C)nc4)cc3OC(F)(F)F)cc2)[nH]1)C(C)C. The van der Waals surface area contributed by atoms with Gasteiger partial charge in [0.2, 0.25) is 5.91 Å². The van der Waals surface area contributed by atoms with E-state index in [-0.39, 0.29) is 52.4 Å². The maximum Gasteiger partial charge on any atom is 0.573 e. The third-order valence-electron chi connectivity index (χ3n) is 11.4. The van der Waals surface area contributed by atoms with Gasteiger partial charge in [-0.3, -0.25) is 14.4 Å². The topological polar surface area (TPSA) is 191 Å². The number of H-pyrrole nitrogens is 2. The number of anilines is 2. The molecule has 16 nitrogen and oxygen atoms in total. The number of carbonyl (C=O) groups is 4. The number of halogens is 4. The zero-order valence-corrected chi connectivity index (χ0v) is 35.9. The van der Waals surface area contributed by atoms with Gasteiger partial charge >= 0.3 is 12.5 Å². The number of hydrogen-bond acceptors (Lipinski definition) is 10. The number of alkyl halides is 3. The van der Waals surface area contributed by atoms with E-state index in [4.69, 9.17) is 4.74 Å². The molecule has 5 aromatic rings.